The second kappa shape index (κ2) is 12.8. The van der Waals surface area contributed by atoms with Crippen molar-refractivity contribution in [2.45, 2.75) is 33.6 Å². The van der Waals surface area contributed by atoms with Gasteiger partial charge in [0.25, 0.3) is 5.56 Å². The Morgan fingerprint density at radius 3 is 2.52 bits per heavy atom. The highest BCUT2D eigenvalue weighted by Crippen LogP contribution is 2.42. The summed E-state index contributed by atoms with van der Waals surface area (Å²) in [6.45, 7) is 12.6. The maximum Gasteiger partial charge on any atom is 0.282 e. The first-order valence-electron chi connectivity index (χ1n) is 12.8. The highest BCUT2D eigenvalue weighted by molar-refractivity contribution is 9.13. The summed E-state index contributed by atoms with van der Waals surface area (Å²) in [6, 6.07) is 13.1. The molecular formula is C31H31Br2N3O4. The van der Waals surface area contributed by atoms with E-state index in [1.165, 1.54) is 4.68 Å². The maximum atomic E-state index is 13.8. The average molecular weight is 669 g/mol. The lowest BCUT2D eigenvalue weighted by molar-refractivity contribution is 0.295. The first-order valence-corrected chi connectivity index (χ1v) is 14.4. The van der Waals surface area contributed by atoms with Gasteiger partial charge in [-0.1, -0.05) is 38.6 Å². The standard InChI is InChI=1S/C31H31Br2N3O4/c1-7-13-40-29-26(39-8-2)15-20(27(32)28(29)33)17-34-36-30(35-24-12-10-9-11-21(24)31(36)37)23-16-22(18(3)4)25(38-6)14-19(23)5/h7,9-12,14-18H,1,8,13H2,2-6H3. The number of benzene rings is 3. The first-order chi connectivity index (χ1) is 19.2. The molecule has 0 saturated heterocycles. The van der Waals surface area contributed by atoms with E-state index in [9.17, 15) is 4.79 Å². The normalized spacial score (nSPS) is 11.4. The molecule has 0 aliphatic heterocycles. The molecule has 0 aliphatic carbocycles. The molecule has 0 aliphatic rings. The molecule has 3 aromatic carbocycles. The third kappa shape index (κ3) is 5.86. The molecule has 0 amide bonds. The lowest BCUT2D eigenvalue weighted by Crippen LogP contribution is -2.21. The van der Waals surface area contributed by atoms with Gasteiger partial charge in [0.05, 0.1) is 35.3 Å². The van der Waals surface area contributed by atoms with E-state index in [2.05, 4.69) is 57.4 Å². The monoisotopic (exact) mass is 667 g/mol. The topological polar surface area (TPSA) is 74.9 Å². The molecule has 9 heteroatoms. The van der Waals surface area contributed by atoms with Crippen LogP contribution in [0.2, 0.25) is 0 Å². The van der Waals surface area contributed by atoms with Crippen molar-refractivity contribution in [1.82, 2.24) is 9.66 Å². The molecule has 40 heavy (non-hydrogen) atoms. The van der Waals surface area contributed by atoms with Crippen molar-refractivity contribution in [2.75, 3.05) is 20.3 Å². The molecule has 0 atom stereocenters. The van der Waals surface area contributed by atoms with Crippen LogP contribution in [0.15, 0.2) is 74.0 Å². The zero-order valence-electron chi connectivity index (χ0n) is 23.1. The van der Waals surface area contributed by atoms with Crippen molar-refractivity contribution in [3.05, 3.63) is 91.1 Å². The molecule has 0 saturated carbocycles. The van der Waals surface area contributed by atoms with Crippen LogP contribution >= 0.6 is 31.9 Å². The quantitative estimate of drug-likeness (QED) is 0.127. The van der Waals surface area contributed by atoms with Gasteiger partial charge in [0, 0.05) is 15.6 Å². The van der Waals surface area contributed by atoms with Gasteiger partial charge in [-0.25, -0.2) is 4.98 Å². The summed E-state index contributed by atoms with van der Waals surface area (Å²) in [5.74, 6) is 2.52. The minimum atomic E-state index is -0.274. The fourth-order valence-corrected chi connectivity index (χ4v) is 5.27. The van der Waals surface area contributed by atoms with Gasteiger partial charge in [-0.15, -0.1) is 0 Å². The number of para-hydroxylation sites is 1. The molecular weight excluding hydrogens is 638 g/mol. The number of ether oxygens (including phenoxy) is 3. The number of halogens is 2. The molecule has 0 fully saturated rings. The third-order valence-electron chi connectivity index (χ3n) is 6.31. The predicted octanol–water partition coefficient (Wildman–Crippen LogP) is 7.87. The van der Waals surface area contributed by atoms with E-state index >= 15 is 0 Å². The van der Waals surface area contributed by atoms with Crippen molar-refractivity contribution < 1.29 is 14.2 Å². The fraction of sp³-hybridized carbons (Fsp3) is 0.258. The van der Waals surface area contributed by atoms with Gasteiger partial charge in [0.2, 0.25) is 0 Å². The van der Waals surface area contributed by atoms with Gasteiger partial charge >= 0.3 is 0 Å². The minimum Gasteiger partial charge on any atom is -0.496 e. The maximum absolute atomic E-state index is 13.8. The Kier molecular flexibility index (Phi) is 9.48. The molecule has 0 radical (unpaired) electrons. The molecule has 1 aromatic heterocycles. The summed E-state index contributed by atoms with van der Waals surface area (Å²) >= 11 is 7.25. The lowest BCUT2D eigenvalue weighted by Gasteiger charge is -2.18. The molecule has 1 heterocycles. The molecule has 0 bridgehead atoms. The minimum absolute atomic E-state index is 0.200. The van der Waals surface area contributed by atoms with Crippen molar-refractivity contribution in [3.63, 3.8) is 0 Å². The summed E-state index contributed by atoms with van der Waals surface area (Å²) in [4.78, 5) is 18.7. The summed E-state index contributed by atoms with van der Waals surface area (Å²) < 4.78 is 20.0. The number of hydrogen-bond acceptors (Lipinski definition) is 6. The molecule has 208 valence electrons. The average Bonchev–Trinajstić information content (AvgIpc) is 2.94. The van der Waals surface area contributed by atoms with Crippen molar-refractivity contribution in [2.24, 2.45) is 5.10 Å². The molecule has 0 unspecified atom stereocenters. The van der Waals surface area contributed by atoms with Crippen molar-refractivity contribution >= 4 is 49.0 Å². The smallest absolute Gasteiger partial charge is 0.282 e. The van der Waals surface area contributed by atoms with Gasteiger partial charge < -0.3 is 14.2 Å². The molecule has 7 nitrogen and oxygen atoms in total. The van der Waals surface area contributed by atoms with Crippen LogP contribution in [-0.4, -0.2) is 36.2 Å². The predicted molar refractivity (Wildman–Crippen MR) is 169 cm³/mol. The van der Waals surface area contributed by atoms with E-state index in [-0.39, 0.29) is 11.5 Å². The van der Waals surface area contributed by atoms with Gasteiger partial charge in [-0.05, 0) is 93.1 Å². The summed E-state index contributed by atoms with van der Waals surface area (Å²) in [5.41, 5.74) is 3.74. The van der Waals surface area contributed by atoms with E-state index in [4.69, 9.17) is 19.2 Å². The third-order valence-corrected chi connectivity index (χ3v) is 8.45. The first kappa shape index (κ1) is 29.6. The number of nitrogens with zero attached hydrogens (tertiary/aromatic N) is 3. The summed E-state index contributed by atoms with van der Waals surface area (Å²) in [5, 5.41) is 5.15. The van der Waals surface area contributed by atoms with Crippen molar-refractivity contribution in [3.8, 4) is 28.6 Å². The molecule has 0 spiro atoms. The number of aromatic nitrogens is 2. The zero-order chi connectivity index (χ0) is 29.0. The van der Waals surface area contributed by atoms with Crippen molar-refractivity contribution in [1.29, 1.82) is 0 Å². The molecule has 4 rings (SSSR count). The van der Waals surface area contributed by atoms with Gasteiger partial charge in [0.15, 0.2) is 17.3 Å². The van der Waals surface area contributed by atoms with E-state index < -0.39 is 0 Å². The lowest BCUT2D eigenvalue weighted by atomic mass is 9.96. The highest BCUT2D eigenvalue weighted by atomic mass is 79.9. The number of rotatable bonds is 10. The Balaban J connectivity index is 1.96. The van der Waals surface area contributed by atoms with Crippen LogP contribution in [-0.2, 0) is 0 Å². The number of hydrogen-bond donors (Lipinski definition) is 0. The number of fused-ring (bicyclic) bond motifs is 1. The second-order valence-electron chi connectivity index (χ2n) is 9.33. The van der Waals surface area contributed by atoms with Crippen LogP contribution < -0.4 is 19.8 Å². The van der Waals surface area contributed by atoms with Gasteiger partial charge in [-0.3, -0.25) is 4.79 Å². The zero-order valence-corrected chi connectivity index (χ0v) is 26.3. The van der Waals surface area contributed by atoms with Crippen LogP contribution in [0.25, 0.3) is 22.3 Å². The Hall–Kier alpha value is -3.43. The Morgan fingerprint density at radius 1 is 1.10 bits per heavy atom. The van der Waals surface area contributed by atoms with Crippen LogP contribution in [0, 0.1) is 6.92 Å². The Bertz CT molecular complexity index is 1660. The highest BCUT2D eigenvalue weighted by Gasteiger charge is 2.20. The van der Waals surface area contributed by atoms with Crippen LogP contribution in [0.1, 0.15) is 43.4 Å². The van der Waals surface area contributed by atoms with E-state index in [1.807, 2.05) is 50.2 Å². The summed E-state index contributed by atoms with van der Waals surface area (Å²) in [6.07, 6.45) is 3.27. The fourth-order valence-electron chi connectivity index (χ4n) is 4.33. The second-order valence-corrected chi connectivity index (χ2v) is 10.9. The summed E-state index contributed by atoms with van der Waals surface area (Å²) in [7, 11) is 1.66. The number of aryl methyl sites for hydroxylation is 1. The van der Waals surface area contributed by atoms with Gasteiger partial charge in [-0.2, -0.15) is 9.78 Å². The largest absolute Gasteiger partial charge is 0.496 e. The van der Waals surface area contributed by atoms with Gasteiger partial charge in [0.1, 0.15) is 12.4 Å². The van der Waals surface area contributed by atoms with Crippen LogP contribution in [0.5, 0.6) is 17.2 Å². The van der Waals surface area contributed by atoms with E-state index in [0.29, 0.717) is 55.9 Å². The number of methoxy groups -OCH3 is 1. The van der Waals surface area contributed by atoms with Crippen LogP contribution in [0.4, 0.5) is 0 Å². The molecule has 4 aromatic rings. The molecule has 0 N–H and O–H groups in total. The van der Waals surface area contributed by atoms with Crippen LogP contribution in [0.3, 0.4) is 0 Å². The van der Waals surface area contributed by atoms with E-state index in [0.717, 1.165) is 22.4 Å². The Labute approximate surface area is 250 Å². The van der Waals surface area contributed by atoms with E-state index in [1.54, 1.807) is 25.5 Å². The Morgan fingerprint density at radius 2 is 1.85 bits per heavy atom. The SMILES string of the molecule is C=CCOc1c(OCC)cc(C=Nn2c(-c3cc(C(C)C)c(OC)cc3C)nc3ccccc3c2=O)c(Br)c1Br.